The van der Waals surface area contributed by atoms with Gasteiger partial charge in [-0.2, -0.15) is 0 Å². The molecule has 410 valence electrons. The predicted molar refractivity (Wildman–Crippen MR) is 285 cm³/mol. The lowest BCUT2D eigenvalue weighted by atomic mass is 10.0. The molecule has 0 bridgehead atoms. The van der Waals surface area contributed by atoms with Gasteiger partial charge in [0.05, 0.1) is 61.3 Å². The Hall–Kier alpha value is -7.52. The van der Waals surface area contributed by atoms with Crippen LogP contribution in [0, 0.1) is 11.6 Å². The molecule has 7 heterocycles. The van der Waals surface area contributed by atoms with E-state index in [-0.39, 0.29) is 86.7 Å². The molecule has 4 aromatic heterocycles. The molecule has 3 fully saturated rings. The summed E-state index contributed by atoms with van der Waals surface area (Å²) in [6.07, 6.45) is 2.85. The smallest absolute Gasteiger partial charge is 0.270 e. The molecule has 4 aromatic carbocycles. The summed E-state index contributed by atoms with van der Waals surface area (Å²) in [5.74, 6) is -1.67. The second kappa shape index (κ2) is 22.7. The van der Waals surface area contributed by atoms with Crippen LogP contribution < -0.4 is 22.1 Å². The molecule has 3 aliphatic heterocycles. The molecule has 0 amide bonds. The van der Waals surface area contributed by atoms with Crippen molar-refractivity contribution in [3.63, 3.8) is 0 Å². The minimum absolute atomic E-state index is 0.0103. The zero-order valence-electron chi connectivity index (χ0n) is 42.6. The molecule has 0 radical (unpaired) electrons. The van der Waals surface area contributed by atoms with Gasteiger partial charge in [0.15, 0.2) is 42.7 Å². The minimum atomic E-state index is -3.66. The third kappa shape index (κ3) is 11.2. The second-order valence-electron chi connectivity index (χ2n) is 19.3. The molecule has 79 heavy (non-hydrogen) atoms. The second-order valence-corrected chi connectivity index (χ2v) is 23.8. The summed E-state index contributed by atoms with van der Waals surface area (Å²) in [4.78, 5) is 18.9. The number of anilines is 2. The van der Waals surface area contributed by atoms with Crippen molar-refractivity contribution in [2.75, 3.05) is 51.0 Å². The molecule has 6 N–H and O–H groups in total. The zero-order chi connectivity index (χ0) is 54.8. The van der Waals surface area contributed by atoms with Crippen molar-refractivity contribution >= 4 is 31.3 Å². The molecule has 1 unspecified atom stereocenters. The topological polar surface area (TPSA) is 301 Å². The van der Waals surface area contributed by atoms with E-state index in [4.69, 9.17) is 44.5 Å². The van der Waals surface area contributed by atoms with Gasteiger partial charge < -0.3 is 45.1 Å². The minimum Gasteiger partial charge on any atom is -0.414 e. The number of aromatic nitrogens is 8. The number of benzene rings is 4. The largest absolute Gasteiger partial charge is 0.414 e. The van der Waals surface area contributed by atoms with Gasteiger partial charge in [-0.3, -0.25) is 0 Å². The zero-order valence-corrected chi connectivity index (χ0v) is 44.3. The summed E-state index contributed by atoms with van der Waals surface area (Å²) in [5, 5.41) is 22.0. The first-order chi connectivity index (χ1) is 38.2. The highest BCUT2D eigenvalue weighted by molar-refractivity contribution is 7.92. The van der Waals surface area contributed by atoms with Crippen LogP contribution >= 0.6 is 0 Å². The summed E-state index contributed by atoms with van der Waals surface area (Å²) < 4.78 is 114. The van der Waals surface area contributed by atoms with Gasteiger partial charge in [0.1, 0.15) is 17.7 Å². The van der Waals surface area contributed by atoms with Crippen molar-refractivity contribution in [1.29, 1.82) is 0 Å². The van der Waals surface area contributed by atoms with Crippen LogP contribution in [0.3, 0.4) is 0 Å². The van der Waals surface area contributed by atoms with Crippen molar-refractivity contribution in [3.8, 4) is 68.6 Å². The molecule has 0 saturated carbocycles. The maximum Gasteiger partial charge on any atom is 0.270 e. The van der Waals surface area contributed by atoms with Crippen LogP contribution in [0.1, 0.15) is 62.0 Å². The van der Waals surface area contributed by atoms with E-state index in [1.54, 1.807) is 42.5 Å². The molecular formula is C54H54F2N12O9S2. The lowest BCUT2D eigenvalue weighted by Crippen LogP contribution is -2.28. The van der Waals surface area contributed by atoms with Gasteiger partial charge in [-0.1, -0.05) is 43.3 Å². The Morgan fingerprint density at radius 1 is 0.608 bits per heavy atom. The van der Waals surface area contributed by atoms with E-state index in [2.05, 4.69) is 41.0 Å². The fourth-order valence-electron chi connectivity index (χ4n) is 9.76. The monoisotopic (exact) mass is 1120 g/mol. The standard InChI is InChI=1S/C54H54F2N12O9S2/c1-2-59-26-30-3-13-39(41(55)23-30)52-66-68-54(77-52)48-50(58)64-46(45(63-48)33-7-11-36(12-8-33)79(71,72)38-17-21-74-22-18-38)44-25-34(29-75-44)60-27-31-4-14-40(42(56)24-31)51-65-67-53(76-51)47-49(57)61-28-43(62-47)32-5-9-35(10-6-32)78(69,70)37-15-19-73-20-16-37/h3-14,23-24,28,34,37-38,44,59-60H,2,15-22,25-27,29H2,1H3,(H2,57,61)(H2,58,64)/t34-,44?/m0/s1. The fourth-order valence-corrected chi connectivity index (χ4v) is 13.2. The van der Waals surface area contributed by atoms with Crippen molar-refractivity contribution in [3.05, 3.63) is 120 Å². The summed E-state index contributed by atoms with van der Waals surface area (Å²) in [6, 6.07) is 21.8. The maximum atomic E-state index is 15.9. The van der Waals surface area contributed by atoms with Gasteiger partial charge in [0.25, 0.3) is 23.6 Å². The SMILES string of the molecule is CCNCc1ccc(-c2nnc(-c3nc(-c4ccc(S(=O)(=O)C5CCOCC5)cc4)c(C4C[C@H](NCc5ccc(-c6nnc(-c7nc(-c8ccc(S(=O)(=O)C9CCOCC9)cc8)cnc7N)o6)c(F)c5)CO4)nc3N)o2)c(F)c1. The van der Waals surface area contributed by atoms with Crippen LogP contribution in [0.25, 0.3) is 68.6 Å². The third-order valence-electron chi connectivity index (χ3n) is 14.2. The van der Waals surface area contributed by atoms with Gasteiger partial charge in [-0.15, -0.1) is 20.4 Å². The molecule has 25 heteroatoms. The van der Waals surface area contributed by atoms with Crippen molar-refractivity contribution in [2.24, 2.45) is 0 Å². The number of nitrogens with two attached hydrogens (primary N) is 2. The average Bonchev–Trinajstić information content (AvgIpc) is 4.39. The van der Waals surface area contributed by atoms with Crippen molar-refractivity contribution < 1.29 is 48.7 Å². The normalized spacial score (nSPS) is 17.6. The van der Waals surface area contributed by atoms with E-state index in [9.17, 15) is 16.8 Å². The number of halogens is 2. The van der Waals surface area contributed by atoms with Crippen molar-refractivity contribution in [1.82, 2.24) is 51.0 Å². The average molecular weight is 1120 g/mol. The quantitative estimate of drug-likeness (QED) is 0.0706. The molecule has 11 rings (SSSR count). The summed E-state index contributed by atoms with van der Waals surface area (Å²) in [7, 11) is -7.20. The maximum absolute atomic E-state index is 15.9. The molecular weight excluding hydrogens is 1060 g/mol. The number of nitrogens with zero attached hydrogens (tertiary/aromatic N) is 8. The molecule has 2 atom stereocenters. The molecule has 0 spiro atoms. The lowest BCUT2D eigenvalue weighted by Gasteiger charge is -2.22. The number of hydrogen-bond acceptors (Lipinski definition) is 21. The lowest BCUT2D eigenvalue weighted by molar-refractivity contribution is 0.0983. The number of rotatable bonds is 17. The van der Waals surface area contributed by atoms with Crippen LogP contribution in [-0.4, -0.2) is 113 Å². The van der Waals surface area contributed by atoms with E-state index in [0.717, 1.165) is 12.1 Å². The number of ether oxygens (including phenoxy) is 3. The molecule has 3 aliphatic rings. The Kier molecular flexibility index (Phi) is 15.4. The van der Waals surface area contributed by atoms with Gasteiger partial charge in [-0.05, 0) is 98.3 Å². The van der Waals surface area contributed by atoms with E-state index >= 15 is 8.78 Å². The van der Waals surface area contributed by atoms with E-state index in [1.165, 1.54) is 48.7 Å². The Bertz CT molecular complexity index is 3750. The Balaban J connectivity index is 0.789. The molecule has 21 nitrogen and oxygen atoms in total. The van der Waals surface area contributed by atoms with E-state index < -0.39 is 47.9 Å². The molecule has 0 aliphatic carbocycles. The number of sulfone groups is 2. The van der Waals surface area contributed by atoms with Crippen LogP contribution in [0.4, 0.5) is 20.4 Å². The number of hydrogen-bond donors (Lipinski definition) is 4. The predicted octanol–water partition coefficient (Wildman–Crippen LogP) is 7.11. The first-order valence-electron chi connectivity index (χ1n) is 25.7. The summed E-state index contributed by atoms with van der Waals surface area (Å²) in [5.41, 5.74) is 16.5. The summed E-state index contributed by atoms with van der Waals surface area (Å²) >= 11 is 0. The van der Waals surface area contributed by atoms with Gasteiger partial charge in [-0.25, -0.2) is 45.6 Å². The van der Waals surface area contributed by atoms with Crippen LogP contribution in [-0.2, 0) is 47.0 Å². The highest BCUT2D eigenvalue weighted by atomic mass is 32.2. The van der Waals surface area contributed by atoms with Gasteiger partial charge >= 0.3 is 0 Å². The number of nitrogens with one attached hydrogen (secondary N) is 2. The Morgan fingerprint density at radius 3 is 1.67 bits per heavy atom. The highest BCUT2D eigenvalue weighted by Crippen LogP contribution is 2.39. The van der Waals surface area contributed by atoms with Crippen LogP contribution in [0.5, 0.6) is 0 Å². The Morgan fingerprint density at radius 2 is 1.13 bits per heavy atom. The molecule has 3 saturated heterocycles. The number of nitrogen functional groups attached to an aromatic ring is 2. The highest BCUT2D eigenvalue weighted by Gasteiger charge is 2.34. The van der Waals surface area contributed by atoms with E-state index in [1.807, 2.05) is 6.92 Å². The van der Waals surface area contributed by atoms with Crippen LogP contribution in [0.2, 0.25) is 0 Å². The molecule has 8 aromatic rings. The van der Waals surface area contributed by atoms with Crippen LogP contribution in [0.15, 0.2) is 110 Å². The first-order valence-corrected chi connectivity index (χ1v) is 28.8. The summed E-state index contributed by atoms with van der Waals surface area (Å²) in [6.45, 7) is 5.18. The third-order valence-corrected chi connectivity index (χ3v) is 18.7. The first kappa shape index (κ1) is 53.5. The van der Waals surface area contributed by atoms with Gasteiger partial charge in [0, 0.05) is 56.7 Å². The Labute approximate surface area is 452 Å². The van der Waals surface area contributed by atoms with E-state index in [0.29, 0.717) is 98.8 Å². The fraction of sp³-hybridized carbons (Fsp3) is 0.333. The van der Waals surface area contributed by atoms with Gasteiger partial charge in [0.2, 0.25) is 0 Å². The van der Waals surface area contributed by atoms with Crippen molar-refractivity contribution in [2.45, 2.75) is 84.6 Å².